The van der Waals surface area contributed by atoms with E-state index in [1.54, 1.807) is 16.7 Å². The zero-order chi connectivity index (χ0) is 23.4. The number of imidazole rings is 1. The van der Waals surface area contributed by atoms with Crippen LogP contribution in [0.3, 0.4) is 0 Å². The van der Waals surface area contributed by atoms with Crippen LogP contribution in [0.1, 0.15) is 22.3 Å². The van der Waals surface area contributed by atoms with Gasteiger partial charge in [0.05, 0.1) is 42.4 Å². The van der Waals surface area contributed by atoms with Crippen LogP contribution in [0.2, 0.25) is 0 Å². The average Bonchev–Trinajstić information content (AvgIpc) is 3.11. The number of aromatic carboxylic acids is 1. The minimum absolute atomic E-state index is 0. The van der Waals surface area contributed by atoms with Gasteiger partial charge in [-0.15, -0.1) is 5.10 Å². The van der Waals surface area contributed by atoms with Crippen LogP contribution in [-0.2, 0) is 13.1 Å². The predicted molar refractivity (Wildman–Crippen MR) is 127 cm³/mol. The molecule has 10 nitrogen and oxygen atoms in total. The van der Waals surface area contributed by atoms with Crippen LogP contribution in [0.4, 0.5) is 5.95 Å². The minimum Gasteiger partial charge on any atom is -0.478 e. The van der Waals surface area contributed by atoms with Crippen molar-refractivity contribution in [2.75, 3.05) is 12.3 Å². The van der Waals surface area contributed by atoms with Crippen molar-refractivity contribution in [1.29, 1.82) is 0 Å². The molecule has 1 radical (unpaired) electrons. The van der Waals surface area contributed by atoms with E-state index in [0.717, 1.165) is 11.0 Å². The molecule has 4 N–H and O–H groups in total. The van der Waals surface area contributed by atoms with Gasteiger partial charge >= 0.3 is 5.97 Å². The fourth-order valence-electron chi connectivity index (χ4n) is 3.48. The summed E-state index contributed by atoms with van der Waals surface area (Å²) in [7, 11) is 0. The number of anilines is 1. The number of benzene rings is 2. The number of carboxylic acids is 1. The zero-order valence-electron chi connectivity index (χ0n) is 18.7. The summed E-state index contributed by atoms with van der Waals surface area (Å²) >= 11 is 0. The normalized spacial score (nSPS) is 11.7. The Hall–Kier alpha value is -2.54. The number of rotatable bonds is 9. The number of carboxylic acid groups (broad SMARTS) is 1. The SMILES string of the molecule is Nc1nc2ccccc2n1CC(O)CCOc1ccc(=O)n(Cc2cccc(C(=O)O)c2)n1.[K]. The van der Waals surface area contributed by atoms with Gasteiger partial charge in [0.1, 0.15) is 0 Å². The quantitative estimate of drug-likeness (QED) is 0.300. The molecule has 1 unspecified atom stereocenters. The van der Waals surface area contributed by atoms with Crippen molar-refractivity contribution in [3.63, 3.8) is 0 Å². The maximum absolute atomic E-state index is 12.2. The second kappa shape index (κ2) is 11.7. The first kappa shape index (κ1) is 26.1. The van der Waals surface area contributed by atoms with E-state index in [1.807, 2.05) is 24.3 Å². The van der Waals surface area contributed by atoms with Crippen LogP contribution in [0.5, 0.6) is 5.88 Å². The summed E-state index contributed by atoms with van der Waals surface area (Å²) in [5, 5.41) is 23.8. The molecule has 4 rings (SSSR count). The molecule has 0 amide bonds. The largest absolute Gasteiger partial charge is 0.478 e. The van der Waals surface area contributed by atoms with Gasteiger partial charge in [0, 0.05) is 69.9 Å². The number of nitrogens with two attached hydrogens (primary N) is 1. The van der Waals surface area contributed by atoms with Crippen LogP contribution < -0.4 is 16.0 Å². The number of fused-ring (bicyclic) bond motifs is 1. The summed E-state index contributed by atoms with van der Waals surface area (Å²) in [5.74, 6) is -0.487. The van der Waals surface area contributed by atoms with Crippen molar-refractivity contribution in [1.82, 2.24) is 19.3 Å². The van der Waals surface area contributed by atoms with E-state index in [0.29, 0.717) is 17.9 Å². The molecule has 2 aromatic heterocycles. The van der Waals surface area contributed by atoms with Crippen molar-refractivity contribution >= 4 is 74.3 Å². The van der Waals surface area contributed by atoms with Crippen molar-refractivity contribution < 1.29 is 19.7 Å². The minimum atomic E-state index is -1.04. The molecule has 0 spiro atoms. The molecular formula is C23H23KN5O5. The van der Waals surface area contributed by atoms with E-state index in [4.69, 9.17) is 15.6 Å². The van der Waals surface area contributed by atoms with Crippen LogP contribution in [0.25, 0.3) is 11.0 Å². The number of carbonyl (C=O) groups is 1. The Morgan fingerprint density at radius 1 is 1.12 bits per heavy atom. The molecule has 171 valence electrons. The van der Waals surface area contributed by atoms with Crippen LogP contribution in [0, 0.1) is 0 Å². The maximum atomic E-state index is 12.2. The number of aromatic nitrogens is 4. The number of hydrogen-bond acceptors (Lipinski definition) is 7. The third-order valence-corrected chi connectivity index (χ3v) is 5.13. The molecule has 4 aromatic rings. The molecule has 2 aromatic carbocycles. The molecular weight excluding hydrogens is 465 g/mol. The molecule has 2 heterocycles. The van der Waals surface area contributed by atoms with Crippen molar-refractivity contribution in [2.45, 2.75) is 25.6 Å². The second-order valence-electron chi connectivity index (χ2n) is 7.53. The van der Waals surface area contributed by atoms with Gasteiger partial charge in [-0.1, -0.05) is 24.3 Å². The zero-order valence-corrected chi connectivity index (χ0v) is 21.8. The summed E-state index contributed by atoms with van der Waals surface area (Å²) in [6.07, 6.45) is -0.414. The topological polar surface area (TPSA) is 145 Å². The van der Waals surface area contributed by atoms with E-state index < -0.39 is 12.1 Å². The van der Waals surface area contributed by atoms with E-state index >= 15 is 0 Å². The summed E-state index contributed by atoms with van der Waals surface area (Å²) in [6.45, 7) is 0.544. The molecule has 0 bridgehead atoms. The molecule has 34 heavy (non-hydrogen) atoms. The van der Waals surface area contributed by atoms with E-state index in [-0.39, 0.29) is 88.1 Å². The van der Waals surface area contributed by atoms with Gasteiger partial charge < -0.3 is 25.3 Å². The molecule has 0 saturated heterocycles. The Labute approximate surface area is 237 Å². The number of nitrogens with zero attached hydrogens (tertiary/aromatic N) is 4. The number of hydrogen-bond donors (Lipinski definition) is 3. The van der Waals surface area contributed by atoms with Gasteiger partial charge in [0.15, 0.2) is 0 Å². The molecule has 1 atom stereocenters. The Morgan fingerprint density at radius 2 is 1.91 bits per heavy atom. The average molecular weight is 489 g/mol. The van der Waals surface area contributed by atoms with Gasteiger partial charge in [-0.25, -0.2) is 14.5 Å². The van der Waals surface area contributed by atoms with E-state index in [9.17, 15) is 14.7 Å². The first-order valence-corrected chi connectivity index (χ1v) is 10.3. The number of aliphatic hydroxyl groups is 1. The van der Waals surface area contributed by atoms with Gasteiger partial charge in [-0.2, -0.15) is 0 Å². The molecule has 11 heteroatoms. The maximum Gasteiger partial charge on any atom is 0.335 e. The third kappa shape index (κ3) is 6.32. The Kier molecular flexibility index (Phi) is 9.00. The summed E-state index contributed by atoms with van der Waals surface area (Å²) in [4.78, 5) is 27.6. The monoisotopic (exact) mass is 488 g/mol. The first-order chi connectivity index (χ1) is 15.9. The molecule has 0 aliphatic rings. The summed E-state index contributed by atoms with van der Waals surface area (Å²) in [5.41, 5.74) is 8.00. The van der Waals surface area contributed by atoms with Gasteiger partial charge in [-0.05, 0) is 29.8 Å². The van der Waals surface area contributed by atoms with E-state index in [2.05, 4.69) is 10.1 Å². The fourth-order valence-corrected chi connectivity index (χ4v) is 3.48. The van der Waals surface area contributed by atoms with Crippen LogP contribution >= 0.6 is 0 Å². The first-order valence-electron chi connectivity index (χ1n) is 10.3. The third-order valence-electron chi connectivity index (χ3n) is 5.13. The van der Waals surface area contributed by atoms with Crippen molar-refractivity contribution in [3.8, 4) is 5.88 Å². The van der Waals surface area contributed by atoms with Crippen LogP contribution in [0.15, 0.2) is 65.5 Å². The second-order valence-corrected chi connectivity index (χ2v) is 7.53. The summed E-state index contributed by atoms with van der Waals surface area (Å²) in [6, 6.07) is 16.6. The Morgan fingerprint density at radius 3 is 2.71 bits per heavy atom. The number of para-hydroxylation sites is 2. The fraction of sp³-hybridized carbons (Fsp3) is 0.217. The van der Waals surface area contributed by atoms with Crippen molar-refractivity contribution in [3.05, 3.63) is 82.1 Å². The smallest absolute Gasteiger partial charge is 0.335 e. The number of ether oxygens (including phenoxy) is 1. The van der Waals surface area contributed by atoms with Crippen LogP contribution in [-0.4, -0.2) is 99.6 Å². The standard InChI is InChI=1S/C23H23N5O5.K/c24-23-25-18-6-1-2-7-19(18)27(23)14-17(29)10-11-33-20-8-9-21(30)28(26-20)13-15-4-3-5-16(12-15)22(31)32;/h1-9,12,17,29H,10-11,13-14H2,(H2,24,25)(H,31,32);. The Bertz CT molecular complexity index is 1350. The van der Waals surface area contributed by atoms with E-state index in [1.165, 1.54) is 28.9 Å². The predicted octanol–water partition coefficient (Wildman–Crippen LogP) is 1.37. The van der Waals surface area contributed by atoms with Gasteiger partial charge in [0.2, 0.25) is 11.8 Å². The molecule has 0 saturated carbocycles. The Balaban J connectivity index is 0.00000324. The molecule has 0 aliphatic carbocycles. The molecule has 0 aliphatic heterocycles. The number of nitrogen functional groups attached to an aromatic ring is 1. The number of aliphatic hydroxyl groups excluding tert-OH is 1. The van der Waals surface area contributed by atoms with Gasteiger partial charge in [0.25, 0.3) is 5.56 Å². The van der Waals surface area contributed by atoms with Crippen molar-refractivity contribution in [2.24, 2.45) is 0 Å². The summed E-state index contributed by atoms with van der Waals surface area (Å²) < 4.78 is 8.58. The molecule has 0 fully saturated rings. The van der Waals surface area contributed by atoms with Gasteiger partial charge in [-0.3, -0.25) is 4.79 Å².